The van der Waals surface area contributed by atoms with Gasteiger partial charge in [-0.25, -0.2) is 0 Å². The maximum Gasteiger partial charge on any atom is 0.283 e. The molecule has 3 aromatic rings. The number of aryl methyl sites for hydroxylation is 1. The highest BCUT2D eigenvalue weighted by molar-refractivity contribution is 5.49. The lowest BCUT2D eigenvalue weighted by atomic mass is 10.3. The zero-order valence-electron chi connectivity index (χ0n) is 12.0. The molecule has 7 heteroatoms. The van der Waals surface area contributed by atoms with Gasteiger partial charge in [0.2, 0.25) is 5.89 Å². The number of hydrogen-bond acceptors (Lipinski definition) is 6. The SMILES string of the molecule is Cc1ccoc1-c1nnc(CN[C@@H](C)Cn2cccn2)o1. The average Bonchev–Trinajstić information content (AvgIpc) is 3.17. The second-order valence-electron chi connectivity index (χ2n) is 4.94. The van der Waals surface area contributed by atoms with Crippen LogP contribution in [0.15, 0.2) is 39.6 Å². The van der Waals surface area contributed by atoms with Crippen LogP contribution in [0.2, 0.25) is 0 Å². The van der Waals surface area contributed by atoms with E-state index >= 15 is 0 Å². The molecule has 0 aromatic carbocycles. The fourth-order valence-electron chi connectivity index (χ4n) is 2.02. The summed E-state index contributed by atoms with van der Waals surface area (Å²) in [5.41, 5.74) is 0.977. The minimum atomic E-state index is 0.241. The topological polar surface area (TPSA) is 81.9 Å². The van der Waals surface area contributed by atoms with Crippen molar-refractivity contribution in [2.45, 2.75) is 33.0 Å². The summed E-state index contributed by atoms with van der Waals surface area (Å²) in [4.78, 5) is 0. The van der Waals surface area contributed by atoms with E-state index in [1.807, 2.05) is 29.9 Å². The molecule has 0 aliphatic rings. The van der Waals surface area contributed by atoms with E-state index in [1.54, 1.807) is 12.5 Å². The Kier molecular flexibility index (Phi) is 3.83. The third-order valence-electron chi connectivity index (χ3n) is 3.15. The Balaban J connectivity index is 1.56. The molecule has 0 aliphatic carbocycles. The second kappa shape index (κ2) is 5.92. The largest absolute Gasteiger partial charge is 0.459 e. The van der Waals surface area contributed by atoms with Gasteiger partial charge in [0.1, 0.15) is 0 Å². The fraction of sp³-hybridized carbons (Fsp3) is 0.357. The Morgan fingerprint density at radius 3 is 3.00 bits per heavy atom. The summed E-state index contributed by atoms with van der Waals surface area (Å²) >= 11 is 0. The van der Waals surface area contributed by atoms with Crippen LogP contribution in [0.3, 0.4) is 0 Å². The van der Waals surface area contributed by atoms with Crippen LogP contribution in [0.25, 0.3) is 11.7 Å². The van der Waals surface area contributed by atoms with Gasteiger partial charge >= 0.3 is 0 Å². The van der Waals surface area contributed by atoms with Gasteiger partial charge in [0.15, 0.2) is 5.76 Å². The third-order valence-corrected chi connectivity index (χ3v) is 3.15. The summed E-state index contributed by atoms with van der Waals surface area (Å²) in [6, 6.07) is 4.01. The van der Waals surface area contributed by atoms with Gasteiger partial charge in [-0.3, -0.25) is 4.68 Å². The molecule has 3 heterocycles. The molecule has 3 rings (SSSR count). The first kappa shape index (κ1) is 13.6. The van der Waals surface area contributed by atoms with Gasteiger partial charge < -0.3 is 14.2 Å². The smallest absolute Gasteiger partial charge is 0.283 e. The van der Waals surface area contributed by atoms with Crippen molar-refractivity contribution >= 4 is 0 Å². The van der Waals surface area contributed by atoms with Crippen molar-refractivity contribution < 1.29 is 8.83 Å². The summed E-state index contributed by atoms with van der Waals surface area (Å²) < 4.78 is 12.8. The molecule has 0 saturated carbocycles. The molecule has 1 atom stereocenters. The predicted octanol–water partition coefficient (Wildman–Crippen LogP) is 2.01. The molecule has 1 N–H and O–H groups in total. The van der Waals surface area contributed by atoms with Crippen LogP contribution in [0.5, 0.6) is 0 Å². The van der Waals surface area contributed by atoms with Gasteiger partial charge in [-0.15, -0.1) is 10.2 Å². The first-order valence-electron chi connectivity index (χ1n) is 6.80. The van der Waals surface area contributed by atoms with Crippen molar-refractivity contribution in [3.8, 4) is 11.7 Å². The van der Waals surface area contributed by atoms with E-state index in [2.05, 4.69) is 27.5 Å². The van der Waals surface area contributed by atoms with E-state index in [0.29, 0.717) is 24.1 Å². The second-order valence-corrected chi connectivity index (χ2v) is 4.94. The van der Waals surface area contributed by atoms with Crippen molar-refractivity contribution in [1.82, 2.24) is 25.3 Å². The molecule has 0 radical (unpaired) electrons. The van der Waals surface area contributed by atoms with Crippen LogP contribution in [0, 0.1) is 6.92 Å². The lowest BCUT2D eigenvalue weighted by Crippen LogP contribution is -2.30. The molecule has 7 nitrogen and oxygen atoms in total. The molecule has 110 valence electrons. The minimum Gasteiger partial charge on any atom is -0.459 e. The van der Waals surface area contributed by atoms with E-state index in [0.717, 1.165) is 12.1 Å². The van der Waals surface area contributed by atoms with E-state index < -0.39 is 0 Å². The molecule has 0 bridgehead atoms. The minimum absolute atomic E-state index is 0.241. The number of hydrogen-bond donors (Lipinski definition) is 1. The summed E-state index contributed by atoms with van der Waals surface area (Å²) in [6.07, 6.45) is 5.31. The summed E-state index contributed by atoms with van der Waals surface area (Å²) in [6.45, 7) is 5.31. The summed E-state index contributed by atoms with van der Waals surface area (Å²) in [7, 11) is 0. The van der Waals surface area contributed by atoms with Gasteiger partial charge in [0.25, 0.3) is 5.89 Å². The average molecular weight is 287 g/mol. The zero-order chi connectivity index (χ0) is 14.7. The molecule has 0 amide bonds. The molecule has 3 aromatic heterocycles. The molecule has 0 unspecified atom stereocenters. The normalized spacial score (nSPS) is 12.7. The predicted molar refractivity (Wildman–Crippen MR) is 75.3 cm³/mol. The van der Waals surface area contributed by atoms with Crippen molar-refractivity contribution in [2.75, 3.05) is 0 Å². The van der Waals surface area contributed by atoms with Crippen LogP contribution in [-0.2, 0) is 13.1 Å². The lowest BCUT2D eigenvalue weighted by molar-refractivity contribution is 0.407. The van der Waals surface area contributed by atoms with Crippen LogP contribution < -0.4 is 5.32 Å². The lowest BCUT2D eigenvalue weighted by Gasteiger charge is -2.11. The number of nitrogens with zero attached hydrogens (tertiary/aromatic N) is 4. The van der Waals surface area contributed by atoms with Gasteiger partial charge in [-0.1, -0.05) is 0 Å². The Labute approximate surface area is 122 Å². The number of furan rings is 1. The summed E-state index contributed by atoms with van der Waals surface area (Å²) in [5, 5.41) is 15.5. The molecular formula is C14H17N5O2. The van der Waals surface area contributed by atoms with Gasteiger partial charge in [-0.2, -0.15) is 5.10 Å². The maximum absolute atomic E-state index is 5.59. The molecule has 0 aliphatic heterocycles. The Morgan fingerprint density at radius 1 is 1.38 bits per heavy atom. The zero-order valence-corrected chi connectivity index (χ0v) is 12.0. The summed E-state index contributed by atoms with van der Waals surface area (Å²) in [5.74, 6) is 1.57. The van der Waals surface area contributed by atoms with Crippen molar-refractivity contribution in [3.05, 3.63) is 42.2 Å². The molecule has 0 spiro atoms. The first-order chi connectivity index (χ1) is 10.2. The highest BCUT2D eigenvalue weighted by Gasteiger charge is 2.14. The molecule has 21 heavy (non-hydrogen) atoms. The molecule has 0 saturated heterocycles. The van der Waals surface area contributed by atoms with Gasteiger partial charge in [0.05, 0.1) is 19.4 Å². The Morgan fingerprint density at radius 2 is 2.29 bits per heavy atom. The van der Waals surface area contributed by atoms with Crippen LogP contribution in [-0.4, -0.2) is 26.0 Å². The van der Waals surface area contributed by atoms with Crippen molar-refractivity contribution in [2.24, 2.45) is 0 Å². The van der Waals surface area contributed by atoms with E-state index in [1.165, 1.54) is 0 Å². The standard InChI is InChI=1S/C14H17N5O2/c1-10-4-7-20-13(10)14-18-17-12(21-14)8-15-11(2)9-19-6-3-5-16-19/h3-7,11,15H,8-9H2,1-2H3/t11-/m0/s1. The fourth-order valence-corrected chi connectivity index (χ4v) is 2.02. The van der Waals surface area contributed by atoms with Crippen LogP contribution >= 0.6 is 0 Å². The van der Waals surface area contributed by atoms with Crippen LogP contribution in [0.1, 0.15) is 18.4 Å². The monoisotopic (exact) mass is 287 g/mol. The van der Waals surface area contributed by atoms with Gasteiger partial charge in [-0.05, 0) is 26.0 Å². The number of aromatic nitrogens is 4. The molecular weight excluding hydrogens is 270 g/mol. The van der Waals surface area contributed by atoms with E-state index in [4.69, 9.17) is 8.83 Å². The number of rotatable bonds is 6. The quantitative estimate of drug-likeness (QED) is 0.747. The highest BCUT2D eigenvalue weighted by atomic mass is 16.4. The van der Waals surface area contributed by atoms with E-state index in [9.17, 15) is 0 Å². The highest BCUT2D eigenvalue weighted by Crippen LogP contribution is 2.22. The Hall–Kier alpha value is -2.41. The van der Waals surface area contributed by atoms with E-state index in [-0.39, 0.29) is 6.04 Å². The molecule has 0 fully saturated rings. The van der Waals surface area contributed by atoms with Crippen molar-refractivity contribution in [3.63, 3.8) is 0 Å². The Bertz CT molecular complexity index is 686. The van der Waals surface area contributed by atoms with Crippen molar-refractivity contribution in [1.29, 1.82) is 0 Å². The maximum atomic E-state index is 5.59. The van der Waals surface area contributed by atoms with Gasteiger partial charge in [0, 0.05) is 24.0 Å². The first-order valence-corrected chi connectivity index (χ1v) is 6.80. The van der Waals surface area contributed by atoms with Crippen LogP contribution in [0.4, 0.5) is 0 Å². The third kappa shape index (κ3) is 3.19. The number of nitrogens with one attached hydrogen (secondary N) is 1.